The Morgan fingerprint density at radius 1 is 1.12 bits per heavy atom. The molecule has 1 amide bonds. The lowest BCUT2D eigenvalue weighted by Crippen LogP contribution is -2.37. The predicted molar refractivity (Wildman–Crippen MR) is 98.2 cm³/mol. The van der Waals surface area contributed by atoms with E-state index in [1.807, 2.05) is 55.5 Å². The molecule has 2 aromatic carbocycles. The zero-order valence-corrected chi connectivity index (χ0v) is 15.2. The van der Waals surface area contributed by atoms with Crippen LogP contribution in [0.25, 0.3) is 0 Å². The first kappa shape index (κ1) is 16.1. The maximum Gasteiger partial charge on any atom is 0.336 e. The third-order valence-corrected chi connectivity index (χ3v) is 5.15. The number of hydrogen-bond acceptors (Lipinski definition) is 3. The molecule has 0 saturated carbocycles. The van der Waals surface area contributed by atoms with Gasteiger partial charge in [-0.2, -0.15) is 0 Å². The summed E-state index contributed by atoms with van der Waals surface area (Å²) in [5.41, 5.74) is 4.09. The molecular formula is C20H16BrNO3. The molecule has 0 bridgehead atoms. The Labute approximate surface area is 154 Å². The summed E-state index contributed by atoms with van der Waals surface area (Å²) in [7, 11) is 0. The number of benzene rings is 2. The van der Waals surface area contributed by atoms with Gasteiger partial charge in [-0.1, -0.05) is 45.8 Å². The first-order chi connectivity index (χ1) is 12.0. The fourth-order valence-corrected chi connectivity index (χ4v) is 3.87. The summed E-state index contributed by atoms with van der Waals surface area (Å²) in [4.78, 5) is 26.9. The van der Waals surface area contributed by atoms with Crippen LogP contribution < -0.4 is 4.90 Å². The van der Waals surface area contributed by atoms with Gasteiger partial charge in [-0.3, -0.25) is 9.69 Å². The highest BCUT2D eigenvalue weighted by Crippen LogP contribution is 2.42. The number of nitrogens with zero attached hydrogens (tertiary/aromatic N) is 1. The highest BCUT2D eigenvalue weighted by Gasteiger charge is 2.42. The molecule has 5 heteroatoms. The number of amides is 1. The average Bonchev–Trinajstić information content (AvgIpc) is 2.97. The van der Waals surface area contributed by atoms with Gasteiger partial charge in [-0.05, 0) is 36.8 Å². The number of carbonyl (C=O) groups excluding carboxylic acids is 2. The fourth-order valence-electron chi connectivity index (χ4n) is 3.46. The summed E-state index contributed by atoms with van der Waals surface area (Å²) in [5.74, 6) is -0.618. The van der Waals surface area contributed by atoms with Gasteiger partial charge in [0.25, 0.3) is 0 Å². The smallest absolute Gasteiger partial charge is 0.336 e. The van der Waals surface area contributed by atoms with Crippen LogP contribution in [0.15, 0.2) is 64.3 Å². The molecule has 2 aliphatic rings. The highest BCUT2D eigenvalue weighted by atomic mass is 79.9. The second-order valence-corrected chi connectivity index (χ2v) is 7.23. The van der Waals surface area contributed by atoms with Crippen molar-refractivity contribution >= 4 is 33.5 Å². The minimum absolute atomic E-state index is 0.0223. The van der Waals surface area contributed by atoms with Crippen molar-refractivity contribution in [2.24, 2.45) is 0 Å². The van der Waals surface area contributed by atoms with E-state index >= 15 is 0 Å². The maximum absolute atomic E-state index is 12.9. The number of hydrogen-bond donors (Lipinski definition) is 0. The molecule has 0 saturated heterocycles. The van der Waals surface area contributed by atoms with E-state index in [1.165, 1.54) is 0 Å². The van der Waals surface area contributed by atoms with Crippen molar-refractivity contribution in [3.8, 4) is 0 Å². The molecule has 0 fully saturated rings. The predicted octanol–water partition coefficient (Wildman–Crippen LogP) is 4.09. The number of rotatable bonds is 2. The van der Waals surface area contributed by atoms with E-state index in [2.05, 4.69) is 15.9 Å². The van der Waals surface area contributed by atoms with Crippen molar-refractivity contribution in [1.82, 2.24) is 0 Å². The molecule has 1 unspecified atom stereocenters. The Morgan fingerprint density at radius 3 is 2.60 bits per heavy atom. The number of aryl methyl sites for hydroxylation is 1. The van der Waals surface area contributed by atoms with Gasteiger partial charge in [0, 0.05) is 22.5 Å². The molecule has 4 rings (SSSR count). The van der Waals surface area contributed by atoms with E-state index in [0.717, 1.165) is 21.3 Å². The molecule has 4 nitrogen and oxygen atoms in total. The minimum Gasteiger partial charge on any atom is -0.456 e. The largest absolute Gasteiger partial charge is 0.456 e. The van der Waals surface area contributed by atoms with Crippen LogP contribution in [0.1, 0.15) is 23.5 Å². The number of cyclic esters (lactones) is 1. The molecule has 126 valence electrons. The van der Waals surface area contributed by atoms with Crippen molar-refractivity contribution in [3.63, 3.8) is 0 Å². The minimum atomic E-state index is -0.329. The molecule has 25 heavy (non-hydrogen) atoms. The molecule has 0 radical (unpaired) electrons. The second-order valence-electron chi connectivity index (χ2n) is 6.31. The highest BCUT2D eigenvalue weighted by molar-refractivity contribution is 9.10. The molecule has 2 aromatic rings. The Balaban J connectivity index is 1.83. The van der Waals surface area contributed by atoms with Crippen LogP contribution in [0, 0.1) is 6.92 Å². The second kappa shape index (κ2) is 6.15. The number of carbonyl (C=O) groups is 2. The van der Waals surface area contributed by atoms with Crippen LogP contribution in [0.2, 0.25) is 0 Å². The molecule has 0 N–H and O–H groups in total. The van der Waals surface area contributed by atoms with Gasteiger partial charge in [-0.15, -0.1) is 0 Å². The average molecular weight is 398 g/mol. The van der Waals surface area contributed by atoms with Crippen LogP contribution in [-0.2, 0) is 14.3 Å². The molecule has 0 aromatic heterocycles. The van der Waals surface area contributed by atoms with E-state index in [0.29, 0.717) is 11.3 Å². The molecule has 1 atom stereocenters. The van der Waals surface area contributed by atoms with Crippen LogP contribution in [0.5, 0.6) is 0 Å². The van der Waals surface area contributed by atoms with Gasteiger partial charge in [0.2, 0.25) is 5.91 Å². The normalized spacial score (nSPS) is 19.9. The summed E-state index contributed by atoms with van der Waals surface area (Å²) in [6.07, 6.45) is 0.248. The quantitative estimate of drug-likeness (QED) is 0.716. The summed E-state index contributed by atoms with van der Waals surface area (Å²) in [6.45, 7) is 2.14. The topological polar surface area (TPSA) is 46.6 Å². The van der Waals surface area contributed by atoms with Crippen LogP contribution in [0.3, 0.4) is 0 Å². The van der Waals surface area contributed by atoms with Crippen molar-refractivity contribution < 1.29 is 14.3 Å². The van der Waals surface area contributed by atoms with Crippen LogP contribution in [-0.4, -0.2) is 18.5 Å². The summed E-state index contributed by atoms with van der Waals surface area (Å²) in [5, 5.41) is 0. The van der Waals surface area contributed by atoms with E-state index in [4.69, 9.17) is 4.74 Å². The van der Waals surface area contributed by atoms with Gasteiger partial charge in [0.05, 0.1) is 11.3 Å². The van der Waals surface area contributed by atoms with Gasteiger partial charge in [0.15, 0.2) is 0 Å². The van der Waals surface area contributed by atoms with Crippen LogP contribution in [0.4, 0.5) is 5.69 Å². The zero-order valence-electron chi connectivity index (χ0n) is 13.7. The fraction of sp³-hybridized carbons (Fsp3) is 0.200. The molecule has 2 heterocycles. The number of ether oxygens (including phenoxy) is 1. The summed E-state index contributed by atoms with van der Waals surface area (Å²) < 4.78 is 6.21. The van der Waals surface area contributed by atoms with Crippen molar-refractivity contribution in [3.05, 3.63) is 75.4 Å². The van der Waals surface area contributed by atoms with Gasteiger partial charge in [-0.25, -0.2) is 4.79 Å². The Hall–Kier alpha value is -2.40. The molecule has 2 aliphatic heterocycles. The van der Waals surface area contributed by atoms with Gasteiger partial charge in [0.1, 0.15) is 6.61 Å². The standard InChI is InChI=1S/C20H16BrNO3/c1-12-5-7-15(8-6-12)22-17-11-25-20(24)19(17)16(10-18(22)23)13-3-2-4-14(21)9-13/h2-9,16H,10-11H2,1H3. The van der Waals surface area contributed by atoms with E-state index < -0.39 is 0 Å². The first-order valence-corrected chi connectivity index (χ1v) is 8.89. The van der Waals surface area contributed by atoms with Crippen LogP contribution >= 0.6 is 15.9 Å². The maximum atomic E-state index is 12.9. The zero-order chi connectivity index (χ0) is 17.6. The first-order valence-electron chi connectivity index (χ1n) is 8.10. The molecule has 0 spiro atoms. The Bertz CT molecular complexity index is 901. The van der Waals surface area contributed by atoms with Gasteiger partial charge < -0.3 is 4.74 Å². The molecule has 0 aliphatic carbocycles. The summed E-state index contributed by atoms with van der Waals surface area (Å²) in [6, 6.07) is 15.5. The van der Waals surface area contributed by atoms with E-state index in [1.54, 1.807) is 4.90 Å². The molecular weight excluding hydrogens is 382 g/mol. The SMILES string of the molecule is Cc1ccc(N2C(=O)CC(c3cccc(Br)c3)C3=C2COC3=O)cc1. The summed E-state index contributed by atoms with van der Waals surface area (Å²) >= 11 is 3.46. The number of halogens is 1. The van der Waals surface area contributed by atoms with Gasteiger partial charge >= 0.3 is 5.97 Å². The lowest BCUT2D eigenvalue weighted by Gasteiger charge is -2.32. The van der Waals surface area contributed by atoms with Crippen molar-refractivity contribution in [2.45, 2.75) is 19.3 Å². The number of anilines is 1. The number of esters is 1. The monoisotopic (exact) mass is 397 g/mol. The lowest BCUT2D eigenvalue weighted by molar-refractivity contribution is -0.136. The third-order valence-electron chi connectivity index (χ3n) is 4.66. The third kappa shape index (κ3) is 2.78. The van der Waals surface area contributed by atoms with Crippen molar-refractivity contribution in [1.29, 1.82) is 0 Å². The van der Waals surface area contributed by atoms with E-state index in [-0.39, 0.29) is 30.8 Å². The Kier molecular flexibility index (Phi) is 3.96. The van der Waals surface area contributed by atoms with E-state index in [9.17, 15) is 9.59 Å². The Morgan fingerprint density at radius 2 is 1.88 bits per heavy atom. The van der Waals surface area contributed by atoms with Crippen molar-refractivity contribution in [2.75, 3.05) is 11.5 Å². The lowest BCUT2D eigenvalue weighted by atomic mass is 9.84.